The molecule has 1 aliphatic heterocycles. The number of nitrogens with zero attached hydrogens (tertiary/aromatic N) is 4. The Morgan fingerprint density at radius 3 is 2.58 bits per heavy atom. The Balaban J connectivity index is 1.87. The van der Waals surface area contributed by atoms with Crippen LogP contribution in [0.3, 0.4) is 0 Å². The van der Waals surface area contributed by atoms with Gasteiger partial charge in [0.25, 0.3) is 0 Å². The molecule has 2 rings (SSSR count). The molecule has 1 aliphatic rings. The Kier molecular flexibility index (Phi) is 4.76. The summed E-state index contributed by atoms with van der Waals surface area (Å²) in [5.74, 6) is 0.707. The van der Waals surface area contributed by atoms with Gasteiger partial charge in [0.05, 0.1) is 6.21 Å². The molecule has 0 bridgehead atoms. The molecule has 0 spiro atoms. The van der Waals surface area contributed by atoms with Crippen molar-refractivity contribution in [1.29, 1.82) is 5.26 Å². The molecule has 0 aromatic heterocycles. The fourth-order valence-electron chi connectivity index (χ4n) is 1.83. The monoisotopic (exact) mass is 258 g/mol. The first-order valence-corrected chi connectivity index (χ1v) is 6.35. The van der Waals surface area contributed by atoms with E-state index in [4.69, 9.17) is 10.00 Å². The molecule has 0 saturated carbocycles. The Morgan fingerprint density at radius 1 is 1.26 bits per heavy atom. The topological polar surface area (TPSA) is 51.9 Å². The Hall–Kier alpha value is -2.06. The summed E-state index contributed by atoms with van der Waals surface area (Å²) in [5.41, 5.74) is 1.03. The number of benzene rings is 1. The van der Waals surface area contributed by atoms with Crippen LogP contribution in [0, 0.1) is 11.3 Å². The average molecular weight is 258 g/mol. The molecule has 0 aliphatic carbocycles. The Labute approximate surface area is 113 Å². The van der Waals surface area contributed by atoms with Crippen molar-refractivity contribution in [1.82, 2.24) is 9.91 Å². The number of rotatable bonds is 4. The molecule has 0 amide bonds. The van der Waals surface area contributed by atoms with Crippen LogP contribution in [0.15, 0.2) is 29.4 Å². The molecule has 19 heavy (non-hydrogen) atoms. The molecule has 0 radical (unpaired) electrons. The molecule has 5 nitrogen and oxygen atoms in total. The van der Waals surface area contributed by atoms with Crippen molar-refractivity contribution >= 4 is 6.21 Å². The van der Waals surface area contributed by atoms with Gasteiger partial charge in [0.2, 0.25) is 0 Å². The second kappa shape index (κ2) is 6.76. The van der Waals surface area contributed by atoms with Crippen LogP contribution in [0.1, 0.15) is 5.56 Å². The smallest absolute Gasteiger partial charge is 0.174 e. The van der Waals surface area contributed by atoms with Crippen molar-refractivity contribution < 1.29 is 4.74 Å². The van der Waals surface area contributed by atoms with Gasteiger partial charge in [0.15, 0.2) is 6.61 Å². The molecule has 0 atom stereocenters. The van der Waals surface area contributed by atoms with E-state index in [1.165, 1.54) is 0 Å². The molecular formula is C14H18N4O. The first kappa shape index (κ1) is 13.4. The molecule has 1 heterocycles. The van der Waals surface area contributed by atoms with Crippen LogP contribution in [0.25, 0.3) is 0 Å². The third-order valence-electron chi connectivity index (χ3n) is 3.03. The maximum Gasteiger partial charge on any atom is 0.174 e. The van der Waals surface area contributed by atoms with Crippen molar-refractivity contribution in [2.45, 2.75) is 0 Å². The predicted octanol–water partition coefficient (Wildman–Crippen LogP) is 1.17. The van der Waals surface area contributed by atoms with Crippen molar-refractivity contribution in [3.63, 3.8) is 0 Å². The lowest BCUT2D eigenvalue weighted by atomic mass is 10.2. The zero-order valence-corrected chi connectivity index (χ0v) is 11.1. The SMILES string of the molecule is CN1CCN(/N=C\c2ccc(OCC#N)cc2)CC1. The highest BCUT2D eigenvalue weighted by Crippen LogP contribution is 2.11. The van der Waals surface area contributed by atoms with Gasteiger partial charge in [-0.05, 0) is 36.9 Å². The average Bonchev–Trinajstić information content (AvgIpc) is 2.46. The van der Waals surface area contributed by atoms with E-state index < -0.39 is 0 Å². The lowest BCUT2D eigenvalue weighted by molar-refractivity contribution is 0.159. The summed E-state index contributed by atoms with van der Waals surface area (Å²) in [6.07, 6.45) is 1.86. The third kappa shape index (κ3) is 4.27. The molecular weight excluding hydrogens is 240 g/mol. The molecule has 1 saturated heterocycles. The van der Waals surface area contributed by atoms with Crippen LogP contribution < -0.4 is 4.74 Å². The minimum absolute atomic E-state index is 0.0781. The van der Waals surface area contributed by atoms with Crippen LogP contribution >= 0.6 is 0 Å². The van der Waals surface area contributed by atoms with Gasteiger partial charge in [0, 0.05) is 26.2 Å². The summed E-state index contributed by atoms with van der Waals surface area (Å²) < 4.78 is 5.19. The summed E-state index contributed by atoms with van der Waals surface area (Å²) >= 11 is 0. The molecule has 1 aromatic rings. The van der Waals surface area contributed by atoms with E-state index in [2.05, 4.69) is 22.1 Å². The van der Waals surface area contributed by atoms with Crippen LogP contribution in [0.5, 0.6) is 5.75 Å². The van der Waals surface area contributed by atoms with E-state index in [0.717, 1.165) is 31.7 Å². The largest absolute Gasteiger partial charge is 0.479 e. The van der Waals surface area contributed by atoms with Gasteiger partial charge in [-0.25, -0.2) is 0 Å². The summed E-state index contributed by atoms with van der Waals surface area (Å²) in [7, 11) is 2.13. The number of hydrazone groups is 1. The fourth-order valence-corrected chi connectivity index (χ4v) is 1.83. The van der Waals surface area contributed by atoms with Gasteiger partial charge in [-0.3, -0.25) is 5.01 Å². The molecule has 100 valence electrons. The van der Waals surface area contributed by atoms with Crippen molar-refractivity contribution in [3.05, 3.63) is 29.8 Å². The van der Waals surface area contributed by atoms with Gasteiger partial charge < -0.3 is 9.64 Å². The van der Waals surface area contributed by atoms with E-state index in [0.29, 0.717) is 5.75 Å². The van der Waals surface area contributed by atoms with Crippen molar-refractivity contribution in [2.75, 3.05) is 39.8 Å². The number of ether oxygens (including phenoxy) is 1. The maximum absolute atomic E-state index is 8.42. The van der Waals surface area contributed by atoms with Gasteiger partial charge in [-0.2, -0.15) is 10.4 Å². The van der Waals surface area contributed by atoms with E-state index in [1.54, 1.807) is 0 Å². The second-order valence-corrected chi connectivity index (χ2v) is 4.52. The minimum Gasteiger partial charge on any atom is -0.479 e. The van der Waals surface area contributed by atoms with E-state index in [1.807, 2.05) is 36.5 Å². The first-order chi connectivity index (χ1) is 9.28. The first-order valence-electron chi connectivity index (χ1n) is 6.35. The number of nitriles is 1. The molecule has 1 fully saturated rings. The summed E-state index contributed by atoms with van der Waals surface area (Å²) in [6, 6.07) is 9.52. The van der Waals surface area contributed by atoms with Crippen molar-refractivity contribution in [2.24, 2.45) is 5.10 Å². The van der Waals surface area contributed by atoms with Gasteiger partial charge in [0.1, 0.15) is 11.8 Å². The van der Waals surface area contributed by atoms with E-state index in [9.17, 15) is 0 Å². The highest BCUT2D eigenvalue weighted by molar-refractivity contribution is 5.79. The van der Waals surface area contributed by atoms with Crippen LogP contribution in [-0.4, -0.2) is 56.0 Å². The quantitative estimate of drug-likeness (QED) is 0.761. The maximum atomic E-state index is 8.42. The van der Waals surface area contributed by atoms with E-state index in [-0.39, 0.29) is 6.61 Å². The highest BCUT2D eigenvalue weighted by Gasteiger charge is 2.10. The standard InChI is InChI=1S/C14H18N4O/c1-17-7-9-18(10-8-17)16-12-13-2-4-14(5-3-13)19-11-6-15/h2-5,12H,7-11H2,1H3/b16-12-. The molecule has 0 N–H and O–H groups in total. The molecule has 1 aromatic carbocycles. The summed E-state index contributed by atoms with van der Waals surface area (Å²) in [5, 5.41) is 15.0. The molecule has 0 unspecified atom stereocenters. The fraction of sp³-hybridized carbons (Fsp3) is 0.429. The Bertz CT molecular complexity index is 455. The van der Waals surface area contributed by atoms with Crippen LogP contribution in [-0.2, 0) is 0 Å². The van der Waals surface area contributed by atoms with Crippen molar-refractivity contribution in [3.8, 4) is 11.8 Å². The lowest BCUT2D eigenvalue weighted by Gasteiger charge is -2.30. The zero-order chi connectivity index (χ0) is 13.5. The normalized spacial score (nSPS) is 16.5. The second-order valence-electron chi connectivity index (χ2n) is 4.52. The molecule has 5 heteroatoms. The lowest BCUT2D eigenvalue weighted by Crippen LogP contribution is -2.41. The number of hydrogen-bond acceptors (Lipinski definition) is 5. The minimum atomic E-state index is 0.0781. The number of likely N-dealkylation sites (N-methyl/N-ethyl adjacent to an activating group) is 1. The number of piperazine rings is 1. The Morgan fingerprint density at radius 2 is 1.95 bits per heavy atom. The third-order valence-corrected chi connectivity index (χ3v) is 3.03. The van der Waals surface area contributed by atoms with Gasteiger partial charge >= 0.3 is 0 Å². The van der Waals surface area contributed by atoms with E-state index >= 15 is 0 Å². The van der Waals surface area contributed by atoms with Gasteiger partial charge in [-0.1, -0.05) is 0 Å². The van der Waals surface area contributed by atoms with Gasteiger partial charge in [-0.15, -0.1) is 0 Å². The zero-order valence-electron chi connectivity index (χ0n) is 11.1. The van der Waals surface area contributed by atoms with Crippen LogP contribution in [0.2, 0.25) is 0 Å². The summed E-state index contributed by atoms with van der Waals surface area (Å²) in [6.45, 7) is 4.12. The highest BCUT2D eigenvalue weighted by atomic mass is 16.5. The number of hydrogen-bond donors (Lipinski definition) is 0. The summed E-state index contributed by atoms with van der Waals surface area (Å²) in [4.78, 5) is 2.30. The predicted molar refractivity (Wildman–Crippen MR) is 74.2 cm³/mol. The van der Waals surface area contributed by atoms with Crippen LogP contribution in [0.4, 0.5) is 0 Å².